The number of hydrogen-bond donors (Lipinski definition) is 1. The van der Waals surface area contributed by atoms with Gasteiger partial charge in [-0.2, -0.15) is 0 Å². The summed E-state index contributed by atoms with van der Waals surface area (Å²) < 4.78 is 0. The molecular weight excluding hydrogens is 290 g/mol. The van der Waals surface area contributed by atoms with Crippen LogP contribution in [0.5, 0.6) is 0 Å². The summed E-state index contributed by atoms with van der Waals surface area (Å²) in [5.41, 5.74) is 2.04. The third-order valence-corrected chi connectivity index (χ3v) is 3.73. The fourth-order valence-electron chi connectivity index (χ4n) is 2.29. The molecule has 5 nitrogen and oxygen atoms in total. The number of amides is 2. The average Bonchev–Trinajstić information content (AvgIpc) is 2.50. The maximum atomic E-state index is 12.0. The van der Waals surface area contributed by atoms with Gasteiger partial charge in [0, 0.05) is 32.1 Å². The molecule has 23 heavy (non-hydrogen) atoms. The van der Waals surface area contributed by atoms with Gasteiger partial charge in [0.15, 0.2) is 0 Å². The summed E-state index contributed by atoms with van der Waals surface area (Å²) in [6, 6.07) is 7.85. The molecule has 0 atom stereocenters. The lowest BCUT2D eigenvalue weighted by atomic mass is 10.1. The van der Waals surface area contributed by atoms with Crippen molar-refractivity contribution in [1.29, 1.82) is 0 Å². The van der Waals surface area contributed by atoms with E-state index < -0.39 is 0 Å². The van der Waals surface area contributed by atoms with Gasteiger partial charge >= 0.3 is 0 Å². The zero-order valence-corrected chi connectivity index (χ0v) is 14.8. The Bertz CT molecular complexity index is 497. The van der Waals surface area contributed by atoms with Crippen molar-refractivity contribution in [2.24, 2.45) is 0 Å². The molecule has 2 amide bonds. The molecule has 0 aromatic heterocycles. The first-order valence-electron chi connectivity index (χ1n) is 8.21. The highest BCUT2D eigenvalue weighted by molar-refractivity contribution is 5.91. The first kappa shape index (κ1) is 19.2. The van der Waals surface area contributed by atoms with Crippen molar-refractivity contribution >= 4 is 17.5 Å². The number of hydrogen-bond acceptors (Lipinski definition) is 3. The molecule has 0 bridgehead atoms. The van der Waals surface area contributed by atoms with Crippen molar-refractivity contribution in [1.82, 2.24) is 9.80 Å². The Kier molecular flexibility index (Phi) is 8.33. The highest BCUT2D eigenvalue weighted by Crippen LogP contribution is 2.10. The van der Waals surface area contributed by atoms with Gasteiger partial charge in [-0.05, 0) is 51.2 Å². The monoisotopic (exact) mass is 319 g/mol. The Morgan fingerprint density at radius 1 is 1.04 bits per heavy atom. The summed E-state index contributed by atoms with van der Waals surface area (Å²) in [7, 11) is 4.02. The SMILES string of the molecule is CCc1ccc(NC(=O)CCN(CCCN(C)C)C(C)=O)cc1. The Hall–Kier alpha value is -1.88. The summed E-state index contributed by atoms with van der Waals surface area (Å²) in [6.07, 6.45) is 2.21. The summed E-state index contributed by atoms with van der Waals surface area (Å²) in [4.78, 5) is 27.5. The number of benzene rings is 1. The van der Waals surface area contributed by atoms with Gasteiger partial charge in [0.05, 0.1) is 0 Å². The van der Waals surface area contributed by atoms with Gasteiger partial charge in [0.2, 0.25) is 11.8 Å². The molecule has 0 unspecified atom stereocenters. The lowest BCUT2D eigenvalue weighted by Gasteiger charge is -2.21. The quantitative estimate of drug-likeness (QED) is 0.760. The van der Waals surface area contributed by atoms with Gasteiger partial charge in [-0.1, -0.05) is 19.1 Å². The highest BCUT2D eigenvalue weighted by atomic mass is 16.2. The van der Waals surface area contributed by atoms with Gasteiger partial charge < -0.3 is 15.1 Å². The first-order valence-corrected chi connectivity index (χ1v) is 8.21. The molecule has 0 spiro atoms. The second kappa shape index (κ2) is 10.0. The summed E-state index contributed by atoms with van der Waals surface area (Å²) >= 11 is 0. The van der Waals surface area contributed by atoms with Gasteiger partial charge in [0.25, 0.3) is 0 Å². The Morgan fingerprint density at radius 2 is 1.70 bits per heavy atom. The minimum absolute atomic E-state index is 0.0175. The molecule has 0 aliphatic carbocycles. The van der Waals surface area contributed by atoms with Crippen LogP contribution in [0, 0.1) is 0 Å². The molecular formula is C18H29N3O2. The number of carbonyl (C=O) groups is 2. The number of aryl methyl sites for hydroxylation is 1. The van der Waals surface area contributed by atoms with E-state index in [0.717, 1.165) is 25.1 Å². The summed E-state index contributed by atoms with van der Waals surface area (Å²) in [5.74, 6) is -0.0445. The molecule has 0 fully saturated rings. The number of carbonyl (C=O) groups excluding carboxylic acids is 2. The minimum atomic E-state index is -0.0619. The number of nitrogens with one attached hydrogen (secondary N) is 1. The summed E-state index contributed by atoms with van der Waals surface area (Å²) in [5, 5.41) is 2.88. The topological polar surface area (TPSA) is 52.7 Å². The van der Waals surface area contributed by atoms with Crippen LogP contribution in [0.1, 0.15) is 32.3 Å². The molecule has 5 heteroatoms. The minimum Gasteiger partial charge on any atom is -0.342 e. The average molecular weight is 319 g/mol. The molecule has 1 N–H and O–H groups in total. The molecule has 0 aliphatic heterocycles. The molecule has 0 heterocycles. The van der Waals surface area contributed by atoms with Crippen LogP contribution in [0.2, 0.25) is 0 Å². The standard InChI is InChI=1S/C18H29N3O2/c1-5-16-7-9-17(10-8-16)19-18(23)11-14-21(15(2)22)13-6-12-20(3)4/h7-10H,5-6,11-14H2,1-4H3,(H,19,23). The third-order valence-electron chi connectivity index (χ3n) is 3.73. The molecule has 1 rings (SSSR count). The zero-order chi connectivity index (χ0) is 17.2. The normalized spacial score (nSPS) is 10.7. The molecule has 0 radical (unpaired) electrons. The first-order chi connectivity index (χ1) is 10.9. The Morgan fingerprint density at radius 3 is 2.22 bits per heavy atom. The van der Waals surface area contributed by atoms with Crippen LogP contribution in [0.4, 0.5) is 5.69 Å². The van der Waals surface area contributed by atoms with E-state index in [9.17, 15) is 9.59 Å². The van der Waals surface area contributed by atoms with Crippen molar-refractivity contribution in [3.05, 3.63) is 29.8 Å². The maximum Gasteiger partial charge on any atom is 0.226 e. The molecule has 0 saturated carbocycles. The molecule has 1 aromatic rings. The number of rotatable bonds is 9. The van der Waals surface area contributed by atoms with Crippen LogP contribution in [-0.4, -0.2) is 55.3 Å². The predicted molar refractivity (Wildman–Crippen MR) is 94.5 cm³/mol. The maximum absolute atomic E-state index is 12.0. The van der Waals surface area contributed by atoms with E-state index in [1.54, 1.807) is 11.8 Å². The Labute approximate surface area is 139 Å². The van der Waals surface area contributed by atoms with E-state index in [1.165, 1.54) is 5.56 Å². The van der Waals surface area contributed by atoms with E-state index in [2.05, 4.69) is 17.1 Å². The van der Waals surface area contributed by atoms with E-state index in [1.807, 2.05) is 38.4 Å². The highest BCUT2D eigenvalue weighted by Gasteiger charge is 2.11. The number of nitrogens with zero attached hydrogens (tertiary/aromatic N) is 2. The van der Waals surface area contributed by atoms with Crippen molar-refractivity contribution < 1.29 is 9.59 Å². The number of anilines is 1. The lowest BCUT2D eigenvalue weighted by molar-refractivity contribution is -0.129. The second-order valence-corrected chi connectivity index (χ2v) is 6.01. The van der Waals surface area contributed by atoms with Crippen LogP contribution >= 0.6 is 0 Å². The lowest BCUT2D eigenvalue weighted by Crippen LogP contribution is -2.34. The largest absolute Gasteiger partial charge is 0.342 e. The van der Waals surface area contributed by atoms with Crippen LogP contribution < -0.4 is 5.32 Å². The summed E-state index contributed by atoms with van der Waals surface area (Å²) in [6.45, 7) is 5.73. The molecule has 0 aliphatic rings. The van der Waals surface area contributed by atoms with Crippen molar-refractivity contribution in [2.75, 3.05) is 39.0 Å². The van der Waals surface area contributed by atoms with Crippen LogP contribution in [0.3, 0.4) is 0 Å². The van der Waals surface area contributed by atoms with Crippen LogP contribution in [-0.2, 0) is 16.0 Å². The van der Waals surface area contributed by atoms with Crippen LogP contribution in [0.25, 0.3) is 0 Å². The fraction of sp³-hybridized carbons (Fsp3) is 0.556. The van der Waals surface area contributed by atoms with Gasteiger partial charge in [-0.3, -0.25) is 9.59 Å². The molecule has 128 valence electrons. The third kappa shape index (κ3) is 7.79. The van der Waals surface area contributed by atoms with Crippen molar-refractivity contribution in [2.45, 2.75) is 33.1 Å². The predicted octanol–water partition coefficient (Wildman–Crippen LogP) is 2.38. The molecule has 1 aromatic carbocycles. The van der Waals surface area contributed by atoms with E-state index in [-0.39, 0.29) is 11.8 Å². The van der Waals surface area contributed by atoms with E-state index in [0.29, 0.717) is 19.5 Å². The van der Waals surface area contributed by atoms with E-state index in [4.69, 9.17) is 0 Å². The second-order valence-electron chi connectivity index (χ2n) is 6.01. The van der Waals surface area contributed by atoms with Crippen LogP contribution in [0.15, 0.2) is 24.3 Å². The van der Waals surface area contributed by atoms with Gasteiger partial charge in [-0.15, -0.1) is 0 Å². The van der Waals surface area contributed by atoms with Gasteiger partial charge in [0.1, 0.15) is 0 Å². The van der Waals surface area contributed by atoms with Crippen molar-refractivity contribution in [3.63, 3.8) is 0 Å². The molecule has 0 saturated heterocycles. The zero-order valence-electron chi connectivity index (χ0n) is 14.8. The van der Waals surface area contributed by atoms with Gasteiger partial charge in [-0.25, -0.2) is 0 Å². The van der Waals surface area contributed by atoms with E-state index >= 15 is 0 Å². The van der Waals surface area contributed by atoms with Crippen molar-refractivity contribution in [3.8, 4) is 0 Å². The smallest absolute Gasteiger partial charge is 0.226 e. The fourth-order valence-corrected chi connectivity index (χ4v) is 2.29. The Balaban J connectivity index is 2.40.